The van der Waals surface area contributed by atoms with Crippen molar-refractivity contribution < 1.29 is 22.4 Å². The molecule has 0 aliphatic rings. The number of sulfonamides is 1. The van der Waals surface area contributed by atoms with Gasteiger partial charge in [-0.15, -0.1) is 0 Å². The molecule has 0 spiro atoms. The van der Waals surface area contributed by atoms with Gasteiger partial charge < -0.3 is 14.5 Å². The molecule has 0 bridgehead atoms. The molecule has 0 radical (unpaired) electrons. The lowest BCUT2D eigenvalue weighted by molar-refractivity contribution is -0.138. The van der Waals surface area contributed by atoms with Gasteiger partial charge in [0.25, 0.3) is 0 Å². The standard InChI is InChI=1S/C17H17N3O5S/c1-2-24-17(21)13(10-18)11-19-14-5-3-7-16(9-14)26(22,23)20-12-15-6-4-8-25-15/h3-9,11,19-20H,2,12H2,1H3/b13-11+. The summed E-state index contributed by atoms with van der Waals surface area (Å²) in [6.07, 6.45) is 2.62. The van der Waals surface area contributed by atoms with Gasteiger partial charge in [-0.25, -0.2) is 17.9 Å². The van der Waals surface area contributed by atoms with Crippen LogP contribution in [0.25, 0.3) is 0 Å². The monoisotopic (exact) mass is 375 g/mol. The largest absolute Gasteiger partial charge is 0.468 e. The van der Waals surface area contributed by atoms with Crippen molar-refractivity contribution in [3.63, 3.8) is 0 Å². The van der Waals surface area contributed by atoms with Crippen LogP contribution in [0.1, 0.15) is 12.7 Å². The van der Waals surface area contributed by atoms with Crippen LogP contribution in [0.3, 0.4) is 0 Å². The Kier molecular flexibility index (Phi) is 6.54. The molecule has 26 heavy (non-hydrogen) atoms. The predicted octanol–water partition coefficient (Wildman–Crippen LogP) is 2.14. The minimum absolute atomic E-state index is 0.0222. The Balaban J connectivity index is 2.11. The van der Waals surface area contributed by atoms with E-state index in [4.69, 9.17) is 14.4 Å². The summed E-state index contributed by atoms with van der Waals surface area (Å²) in [4.78, 5) is 11.6. The van der Waals surface area contributed by atoms with Crippen molar-refractivity contribution >= 4 is 21.7 Å². The quantitative estimate of drug-likeness (QED) is 0.412. The summed E-state index contributed by atoms with van der Waals surface area (Å²) in [7, 11) is -3.76. The van der Waals surface area contributed by atoms with E-state index >= 15 is 0 Å². The molecule has 2 rings (SSSR count). The second-order valence-corrected chi connectivity index (χ2v) is 6.73. The highest BCUT2D eigenvalue weighted by Gasteiger charge is 2.15. The van der Waals surface area contributed by atoms with Gasteiger partial charge in [-0.2, -0.15) is 5.26 Å². The lowest BCUT2D eigenvalue weighted by Gasteiger charge is -2.08. The molecule has 0 fully saturated rings. The van der Waals surface area contributed by atoms with Crippen molar-refractivity contribution in [3.8, 4) is 6.07 Å². The average molecular weight is 375 g/mol. The highest BCUT2D eigenvalue weighted by molar-refractivity contribution is 7.89. The van der Waals surface area contributed by atoms with Crippen LogP contribution in [0, 0.1) is 11.3 Å². The van der Waals surface area contributed by atoms with E-state index in [1.165, 1.54) is 30.7 Å². The van der Waals surface area contributed by atoms with Crippen molar-refractivity contribution in [3.05, 3.63) is 60.2 Å². The first-order chi connectivity index (χ1) is 12.5. The highest BCUT2D eigenvalue weighted by Crippen LogP contribution is 2.16. The third-order valence-corrected chi connectivity index (χ3v) is 4.56. The third-order valence-electron chi connectivity index (χ3n) is 3.16. The van der Waals surface area contributed by atoms with Crippen molar-refractivity contribution in [2.24, 2.45) is 0 Å². The second-order valence-electron chi connectivity index (χ2n) is 4.97. The lowest BCUT2D eigenvalue weighted by atomic mass is 10.3. The van der Waals surface area contributed by atoms with Gasteiger partial charge in [0.15, 0.2) is 5.57 Å². The molecule has 0 saturated heterocycles. The number of hydrogen-bond acceptors (Lipinski definition) is 7. The fourth-order valence-electron chi connectivity index (χ4n) is 1.92. The summed E-state index contributed by atoms with van der Waals surface area (Å²) in [5.41, 5.74) is 0.166. The van der Waals surface area contributed by atoms with Crippen LogP contribution in [0.2, 0.25) is 0 Å². The number of esters is 1. The molecular weight excluding hydrogens is 358 g/mol. The van der Waals surface area contributed by atoms with Crippen molar-refractivity contribution in [1.82, 2.24) is 4.72 Å². The number of nitriles is 1. The summed E-state index contributed by atoms with van der Waals surface area (Å²) < 4.78 is 36.9. The number of carbonyl (C=O) groups is 1. The van der Waals surface area contributed by atoms with E-state index in [1.54, 1.807) is 31.2 Å². The van der Waals surface area contributed by atoms with E-state index in [0.29, 0.717) is 11.4 Å². The maximum atomic E-state index is 12.3. The fourth-order valence-corrected chi connectivity index (χ4v) is 2.96. The van der Waals surface area contributed by atoms with Crippen LogP contribution in [0.4, 0.5) is 5.69 Å². The van der Waals surface area contributed by atoms with Gasteiger partial charge in [-0.1, -0.05) is 6.07 Å². The van der Waals surface area contributed by atoms with Gasteiger partial charge in [0.05, 0.1) is 24.3 Å². The molecule has 9 heteroatoms. The minimum atomic E-state index is -3.76. The van der Waals surface area contributed by atoms with Crippen molar-refractivity contribution in [1.29, 1.82) is 5.26 Å². The lowest BCUT2D eigenvalue weighted by Crippen LogP contribution is -2.23. The number of anilines is 1. The summed E-state index contributed by atoms with van der Waals surface area (Å²) in [6.45, 7) is 1.80. The molecule has 0 aliphatic heterocycles. The van der Waals surface area contributed by atoms with E-state index in [-0.39, 0.29) is 23.6 Å². The van der Waals surface area contributed by atoms with Gasteiger partial charge >= 0.3 is 5.97 Å². The van der Waals surface area contributed by atoms with Gasteiger partial charge in [-0.3, -0.25) is 0 Å². The first kappa shape index (κ1) is 19.2. The first-order valence-electron chi connectivity index (χ1n) is 7.62. The zero-order chi connectivity index (χ0) is 19.0. The summed E-state index contributed by atoms with van der Waals surface area (Å²) >= 11 is 0. The summed E-state index contributed by atoms with van der Waals surface area (Å²) in [5, 5.41) is 11.7. The molecular formula is C17H17N3O5S. The van der Waals surface area contributed by atoms with Crippen LogP contribution in [-0.2, 0) is 26.1 Å². The number of rotatable bonds is 8. The number of nitrogens with zero attached hydrogens (tertiary/aromatic N) is 1. The van der Waals surface area contributed by atoms with Gasteiger partial charge in [0, 0.05) is 11.9 Å². The number of furan rings is 1. The van der Waals surface area contributed by atoms with Crippen LogP contribution >= 0.6 is 0 Å². The zero-order valence-corrected chi connectivity index (χ0v) is 14.7. The first-order valence-corrected chi connectivity index (χ1v) is 9.10. The zero-order valence-electron chi connectivity index (χ0n) is 13.9. The molecule has 0 unspecified atom stereocenters. The molecule has 2 N–H and O–H groups in total. The Morgan fingerprint density at radius 3 is 2.81 bits per heavy atom. The number of nitrogens with one attached hydrogen (secondary N) is 2. The van der Waals surface area contributed by atoms with Gasteiger partial charge in [0.1, 0.15) is 11.8 Å². The van der Waals surface area contributed by atoms with E-state index in [0.717, 1.165) is 0 Å². The number of carbonyl (C=O) groups excluding carboxylic acids is 1. The Labute approximate surface area is 151 Å². The molecule has 8 nitrogen and oxygen atoms in total. The normalized spacial score (nSPS) is 11.6. The number of ether oxygens (including phenoxy) is 1. The average Bonchev–Trinajstić information content (AvgIpc) is 3.15. The van der Waals surface area contributed by atoms with Gasteiger partial charge in [0.2, 0.25) is 10.0 Å². The molecule has 2 aromatic rings. The van der Waals surface area contributed by atoms with E-state index in [9.17, 15) is 13.2 Å². The molecule has 136 valence electrons. The molecule has 0 amide bonds. The summed E-state index contributed by atoms with van der Waals surface area (Å²) in [5.74, 6) is -0.273. The highest BCUT2D eigenvalue weighted by atomic mass is 32.2. The molecule has 1 heterocycles. The van der Waals surface area contributed by atoms with E-state index < -0.39 is 16.0 Å². The molecule has 1 aromatic heterocycles. The second kappa shape index (κ2) is 8.84. The van der Waals surface area contributed by atoms with Crippen LogP contribution in [-0.4, -0.2) is 21.0 Å². The fraction of sp³-hybridized carbons (Fsp3) is 0.176. The number of hydrogen-bond donors (Lipinski definition) is 2. The predicted molar refractivity (Wildman–Crippen MR) is 93.1 cm³/mol. The van der Waals surface area contributed by atoms with Crippen LogP contribution < -0.4 is 10.0 Å². The minimum Gasteiger partial charge on any atom is -0.468 e. The Morgan fingerprint density at radius 2 is 2.15 bits per heavy atom. The third kappa shape index (κ3) is 5.20. The van der Waals surface area contributed by atoms with Crippen LogP contribution in [0.5, 0.6) is 0 Å². The van der Waals surface area contributed by atoms with E-state index in [2.05, 4.69) is 10.0 Å². The maximum Gasteiger partial charge on any atom is 0.350 e. The maximum absolute atomic E-state index is 12.3. The smallest absolute Gasteiger partial charge is 0.350 e. The van der Waals surface area contributed by atoms with E-state index in [1.807, 2.05) is 0 Å². The SMILES string of the molecule is CCOC(=O)/C(C#N)=C/Nc1cccc(S(=O)(=O)NCc2ccco2)c1. The van der Waals surface area contributed by atoms with Gasteiger partial charge in [-0.05, 0) is 37.3 Å². The molecule has 0 atom stereocenters. The number of benzene rings is 1. The van der Waals surface area contributed by atoms with Crippen molar-refractivity contribution in [2.45, 2.75) is 18.4 Å². The molecule has 1 aromatic carbocycles. The Bertz CT molecular complexity index is 928. The van der Waals surface area contributed by atoms with Crippen molar-refractivity contribution in [2.75, 3.05) is 11.9 Å². The van der Waals surface area contributed by atoms with Crippen LogP contribution in [0.15, 0.2) is 63.7 Å². The summed E-state index contributed by atoms with van der Waals surface area (Å²) in [6, 6.07) is 11.0. The molecule has 0 aliphatic carbocycles. The topological polar surface area (TPSA) is 121 Å². The Hall–Kier alpha value is -3.09. The molecule has 0 saturated carbocycles. The Morgan fingerprint density at radius 1 is 1.35 bits per heavy atom.